The van der Waals surface area contributed by atoms with Crippen molar-refractivity contribution in [1.29, 1.82) is 0 Å². The molecule has 254 valence electrons. The number of benzene rings is 1. The van der Waals surface area contributed by atoms with Gasteiger partial charge in [0.2, 0.25) is 0 Å². The van der Waals surface area contributed by atoms with Crippen molar-refractivity contribution in [2.24, 2.45) is 47.3 Å². The highest BCUT2D eigenvalue weighted by molar-refractivity contribution is 7.58. The molecular weight excluding hydrogens is 598 g/mol. The van der Waals surface area contributed by atoms with Crippen LogP contribution in [0.1, 0.15) is 102 Å². The standard InChI is InChI=1S/C40H64N4P2/c1-39(2,3)33-5-4-28(34(20-33)40(45,35-21-41-6-8-43-35)36-22-42-7-9-44-36)23-46(37-29-12-24-10-25(14-29)15-30(37)13-24)38-31-16-26-11-27(18-31)19-32(38)17-26/h4-5,20,24-27,29-32,35-38,41-44H,6-19,21-23,45H2,1-3H3. The highest BCUT2D eigenvalue weighted by Crippen LogP contribution is 2.72. The fraction of sp³-hybridized carbons (Fsp3) is 0.850. The zero-order valence-corrected chi connectivity index (χ0v) is 31.3. The summed E-state index contributed by atoms with van der Waals surface area (Å²) in [6, 6.07) is 8.75. The lowest BCUT2D eigenvalue weighted by Gasteiger charge is -2.62. The van der Waals surface area contributed by atoms with Crippen molar-refractivity contribution in [2.45, 2.75) is 125 Å². The quantitative estimate of drug-likeness (QED) is 0.243. The van der Waals surface area contributed by atoms with E-state index in [1.807, 2.05) is 0 Å². The Bertz CT molecular complexity index is 1150. The molecule has 4 nitrogen and oxygen atoms in total. The summed E-state index contributed by atoms with van der Waals surface area (Å²) in [5.74, 6) is 8.49. The van der Waals surface area contributed by atoms with E-state index >= 15 is 0 Å². The third-order valence-corrected chi connectivity index (χ3v) is 20.2. The van der Waals surface area contributed by atoms with Gasteiger partial charge in [-0.1, -0.05) is 46.9 Å². The second-order valence-electron chi connectivity index (χ2n) is 19.0. The molecule has 0 amide bonds. The lowest BCUT2D eigenvalue weighted by molar-refractivity contribution is 0.0129. The van der Waals surface area contributed by atoms with Gasteiger partial charge in [0, 0.05) is 56.5 Å². The molecule has 8 bridgehead atoms. The molecule has 10 fully saturated rings. The highest BCUT2D eigenvalue weighted by Gasteiger charge is 2.57. The molecule has 2 saturated heterocycles. The Morgan fingerprint density at radius 3 is 1.50 bits per heavy atom. The van der Waals surface area contributed by atoms with Gasteiger partial charge in [-0.15, -0.1) is 9.24 Å². The van der Waals surface area contributed by atoms with Gasteiger partial charge in [0.15, 0.2) is 0 Å². The minimum absolute atomic E-state index is 0.0540. The van der Waals surface area contributed by atoms with E-state index in [1.165, 1.54) is 11.7 Å². The SMILES string of the molecule is CC(C)(C)c1ccc(CP(C2C3CC4CC(C3)CC2C4)C2C3CC4CC(C3)CC2C4)c(C(P)(C2CNCCN2)C2CNCCN2)c1. The summed E-state index contributed by atoms with van der Waals surface area (Å²) in [6.45, 7) is 13.6. The Labute approximate surface area is 284 Å². The van der Waals surface area contributed by atoms with Gasteiger partial charge in [0.1, 0.15) is 0 Å². The van der Waals surface area contributed by atoms with Gasteiger partial charge in [-0.2, -0.15) is 0 Å². The fourth-order valence-corrected chi connectivity index (χ4v) is 19.0. The van der Waals surface area contributed by atoms with Crippen molar-refractivity contribution in [3.63, 3.8) is 0 Å². The average molecular weight is 663 g/mol. The second-order valence-corrected chi connectivity index (χ2v) is 22.5. The minimum atomic E-state index is -0.0629. The van der Waals surface area contributed by atoms with Crippen LogP contribution < -0.4 is 21.3 Å². The summed E-state index contributed by atoms with van der Waals surface area (Å²) >= 11 is 0. The second kappa shape index (κ2) is 12.3. The molecule has 2 aliphatic heterocycles. The average Bonchev–Trinajstić information content (AvgIpc) is 3.04. The summed E-state index contributed by atoms with van der Waals surface area (Å²) in [6.07, 6.45) is 17.2. The van der Waals surface area contributed by atoms with Crippen molar-refractivity contribution in [1.82, 2.24) is 21.3 Å². The minimum Gasteiger partial charge on any atom is -0.314 e. The van der Waals surface area contributed by atoms with Gasteiger partial charge in [-0.05, 0) is 151 Å². The molecule has 6 heteroatoms. The molecule has 1 aromatic rings. The molecule has 0 aromatic heterocycles. The van der Waals surface area contributed by atoms with Crippen LogP contribution in [-0.2, 0) is 16.7 Å². The van der Waals surface area contributed by atoms with Crippen LogP contribution in [0, 0.1) is 47.3 Å². The molecule has 1 aromatic carbocycles. The zero-order valence-electron chi connectivity index (χ0n) is 29.2. The van der Waals surface area contributed by atoms with Crippen molar-refractivity contribution in [3.8, 4) is 0 Å². The topological polar surface area (TPSA) is 48.1 Å². The van der Waals surface area contributed by atoms with Gasteiger partial charge < -0.3 is 21.3 Å². The van der Waals surface area contributed by atoms with Gasteiger partial charge in [-0.3, -0.25) is 0 Å². The van der Waals surface area contributed by atoms with Gasteiger partial charge in [0.05, 0.1) is 0 Å². The Kier molecular flexibility index (Phi) is 8.52. The third-order valence-electron chi connectivity index (χ3n) is 15.2. The van der Waals surface area contributed by atoms with E-state index in [-0.39, 0.29) is 18.5 Å². The van der Waals surface area contributed by atoms with Gasteiger partial charge in [-0.25, -0.2) is 0 Å². The maximum atomic E-state index is 4.06. The van der Waals surface area contributed by atoms with Crippen LogP contribution in [0.15, 0.2) is 18.2 Å². The first-order valence-electron chi connectivity index (χ1n) is 19.8. The zero-order chi connectivity index (χ0) is 31.2. The lowest BCUT2D eigenvalue weighted by atomic mass is 9.55. The largest absolute Gasteiger partial charge is 0.314 e. The first kappa shape index (κ1) is 31.9. The van der Waals surface area contributed by atoms with Crippen molar-refractivity contribution >= 4 is 17.2 Å². The van der Waals surface area contributed by atoms with E-state index in [9.17, 15) is 0 Å². The van der Waals surface area contributed by atoms with E-state index in [0.717, 1.165) is 97.9 Å². The van der Waals surface area contributed by atoms with E-state index in [2.05, 4.69) is 69.5 Å². The van der Waals surface area contributed by atoms with E-state index in [0.29, 0.717) is 12.1 Å². The molecule has 2 heterocycles. The number of hydrogen-bond acceptors (Lipinski definition) is 4. The Hall–Kier alpha value is -0.0800. The van der Waals surface area contributed by atoms with Crippen molar-refractivity contribution < 1.29 is 0 Å². The highest BCUT2D eigenvalue weighted by atomic mass is 31.1. The van der Waals surface area contributed by atoms with E-state index < -0.39 is 0 Å². The number of rotatable bonds is 7. The Balaban J connectivity index is 1.15. The molecule has 3 unspecified atom stereocenters. The molecule has 46 heavy (non-hydrogen) atoms. The van der Waals surface area contributed by atoms with Crippen molar-refractivity contribution in [2.75, 3.05) is 39.3 Å². The van der Waals surface area contributed by atoms with Crippen molar-refractivity contribution in [3.05, 3.63) is 34.9 Å². The Morgan fingerprint density at radius 1 is 0.652 bits per heavy atom. The predicted octanol–water partition coefficient (Wildman–Crippen LogP) is 6.81. The van der Waals surface area contributed by atoms with Crippen LogP contribution >= 0.6 is 17.2 Å². The van der Waals surface area contributed by atoms with Crippen LogP contribution in [0.25, 0.3) is 0 Å². The number of hydrogen-bond donors (Lipinski definition) is 4. The molecule has 3 atom stereocenters. The molecule has 4 N–H and O–H groups in total. The molecule has 0 spiro atoms. The van der Waals surface area contributed by atoms with Crippen LogP contribution in [0.5, 0.6) is 0 Å². The lowest BCUT2D eigenvalue weighted by Crippen LogP contribution is -2.66. The molecule has 8 saturated carbocycles. The smallest absolute Gasteiger partial charge is 0.0429 e. The van der Waals surface area contributed by atoms with Gasteiger partial charge >= 0.3 is 0 Å². The van der Waals surface area contributed by atoms with Crippen LogP contribution in [0.4, 0.5) is 0 Å². The van der Waals surface area contributed by atoms with Crippen LogP contribution in [0.2, 0.25) is 0 Å². The molecule has 0 radical (unpaired) electrons. The number of piperazine rings is 2. The summed E-state index contributed by atoms with van der Waals surface area (Å²) < 4.78 is 0. The summed E-state index contributed by atoms with van der Waals surface area (Å²) in [5, 5.41) is 15.7. The maximum absolute atomic E-state index is 4.06. The summed E-state index contributed by atoms with van der Waals surface area (Å²) in [5.41, 5.74) is 7.14. The number of nitrogens with one attached hydrogen (secondary N) is 4. The van der Waals surface area contributed by atoms with Gasteiger partial charge in [0.25, 0.3) is 0 Å². The molecule has 10 aliphatic rings. The summed E-state index contributed by atoms with van der Waals surface area (Å²) in [4.78, 5) is 0. The Morgan fingerprint density at radius 2 is 1.11 bits per heavy atom. The predicted molar refractivity (Wildman–Crippen MR) is 198 cm³/mol. The summed E-state index contributed by atoms with van der Waals surface area (Å²) in [7, 11) is 3.50. The fourth-order valence-electron chi connectivity index (χ4n) is 13.7. The van der Waals surface area contributed by atoms with E-state index in [4.69, 9.17) is 0 Å². The first-order valence-corrected chi connectivity index (χ1v) is 22.0. The maximum Gasteiger partial charge on any atom is 0.0429 e. The molecule has 8 aliphatic carbocycles. The first-order chi connectivity index (χ1) is 22.2. The van der Waals surface area contributed by atoms with E-state index in [1.54, 1.807) is 75.3 Å². The van der Waals surface area contributed by atoms with Crippen LogP contribution in [-0.4, -0.2) is 62.7 Å². The monoisotopic (exact) mass is 662 g/mol. The van der Waals surface area contributed by atoms with Crippen LogP contribution in [0.3, 0.4) is 0 Å². The molecule has 11 rings (SSSR count). The molecular formula is C40H64N4P2. The normalized spacial score (nSPS) is 45.1. The third kappa shape index (κ3) is 5.53.